The lowest BCUT2D eigenvalue weighted by Gasteiger charge is -2.21. The highest BCUT2D eigenvalue weighted by atomic mass is 16.6. The van der Waals surface area contributed by atoms with Crippen LogP contribution >= 0.6 is 0 Å². The number of nitrogens with zero attached hydrogens (tertiary/aromatic N) is 1. The minimum Gasteiger partial charge on any atom is -0.508 e. The third kappa shape index (κ3) is 2.02. The molecule has 18 heavy (non-hydrogen) atoms. The number of fused-ring (bicyclic) bond motifs is 1. The summed E-state index contributed by atoms with van der Waals surface area (Å²) in [5.41, 5.74) is 0.655. The van der Waals surface area contributed by atoms with Crippen LogP contribution in [0.25, 0.3) is 6.08 Å². The summed E-state index contributed by atoms with van der Waals surface area (Å²) in [6, 6.07) is 2.67. The molecule has 0 bridgehead atoms. The van der Waals surface area contributed by atoms with Gasteiger partial charge >= 0.3 is 0 Å². The second-order valence-electron chi connectivity index (χ2n) is 3.97. The Labute approximate surface area is 103 Å². The molecule has 1 aliphatic carbocycles. The molecule has 1 aliphatic rings. The van der Waals surface area contributed by atoms with Crippen LogP contribution in [0.2, 0.25) is 0 Å². The molecule has 0 saturated heterocycles. The van der Waals surface area contributed by atoms with E-state index in [-0.39, 0.29) is 29.2 Å². The van der Waals surface area contributed by atoms with Gasteiger partial charge in [0.15, 0.2) is 6.10 Å². The Hall–Kier alpha value is -2.08. The third-order valence-corrected chi connectivity index (χ3v) is 2.90. The van der Waals surface area contributed by atoms with Crippen molar-refractivity contribution in [1.82, 2.24) is 0 Å². The van der Waals surface area contributed by atoms with E-state index in [2.05, 4.69) is 0 Å². The molecule has 96 valence electrons. The maximum absolute atomic E-state index is 11.0. The standard InChI is InChI=1S/C12H13NO5/c1-2-18-12-6-8-7(5-9(12)13(16)17)10(14)3-4-11(8)15/h3-5,12,14-15H,2,6H2,1H3. The van der Waals surface area contributed by atoms with Gasteiger partial charge in [-0.3, -0.25) is 10.1 Å². The minimum atomic E-state index is -0.704. The van der Waals surface area contributed by atoms with Crippen molar-refractivity contribution in [2.24, 2.45) is 0 Å². The summed E-state index contributed by atoms with van der Waals surface area (Å²) in [5.74, 6) is -0.0803. The molecule has 0 saturated carbocycles. The fourth-order valence-electron chi connectivity index (χ4n) is 2.06. The zero-order valence-electron chi connectivity index (χ0n) is 9.79. The first kappa shape index (κ1) is 12.4. The predicted molar refractivity (Wildman–Crippen MR) is 63.9 cm³/mol. The summed E-state index contributed by atoms with van der Waals surface area (Å²) in [7, 11) is 0. The van der Waals surface area contributed by atoms with E-state index in [0.29, 0.717) is 12.2 Å². The molecule has 0 spiro atoms. The lowest BCUT2D eigenvalue weighted by Crippen LogP contribution is -2.26. The average molecular weight is 251 g/mol. The molecule has 2 rings (SSSR count). The molecule has 1 atom stereocenters. The second-order valence-corrected chi connectivity index (χ2v) is 3.97. The Morgan fingerprint density at radius 1 is 1.44 bits per heavy atom. The minimum absolute atomic E-state index is 0.00570. The molecular weight excluding hydrogens is 238 g/mol. The van der Waals surface area contributed by atoms with Gasteiger partial charge in [-0.25, -0.2) is 0 Å². The SMILES string of the molecule is CCOC1Cc2c(O)ccc(O)c2C=C1[N+](=O)[O-]. The number of phenolic OH excluding ortho intramolecular Hbond substituents is 2. The van der Waals surface area contributed by atoms with E-state index >= 15 is 0 Å². The zero-order chi connectivity index (χ0) is 13.3. The number of phenols is 2. The van der Waals surface area contributed by atoms with E-state index < -0.39 is 11.0 Å². The van der Waals surface area contributed by atoms with Crippen LogP contribution in [0.15, 0.2) is 17.8 Å². The lowest BCUT2D eigenvalue weighted by atomic mass is 9.92. The highest BCUT2D eigenvalue weighted by Gasteiger charge is 2.33. The van der Waals surface area contributed by atoms with Gasteiger partial charge in [-0.1, -0.05) is 0 Å². The number of ether oxygens (including phenoxy) is 1. The Bertz CT molecular complexity index is 523. The van der Waals surface area contributed by atoms with Crippen molar-refractivity contribution in [3.8, 4) is 11.5 Å². The Kier molecular flexibility index (Phi) is 3.20. The molecule has 0 radical (unpaired) electrons. The van der Waals surface area contributed by atoms with Gasteiger partial charge in [-0.05, 0) is 19.1 Å². The van der Waals surface area contributed by atoms with E-state index in [0.717, 1.165) is 0 Å². The number of nitro groups is 1. The zero-order valence-corrected chi connectivity index (χ0v) is 9.79. The van der Waals surface area contributed by atoms with Gasteiger partial charge in [0.1, 0.15) is 11.5 Å². The van der Waals surface area contributed by atoms with Crippen LogP contribution in [0.1, 0.15) is 18.1 Å². The van der Waals surface area contributed by atoms with Crippen LogP contribution in [-0.4, -0.2) is 27.8 Å². The maximum Gasteiger partial charge on any atom is 0.275 e. The Balaban J connectivity index is 2.54. The Morgan fingerprint density at radius 2 is 2.11 bits per heavy atom. The predicted octanol–water partition coefficient (Wildman–Crippen LogP) is 1.68. The van der Waals surface area contributed by atoms with E-state index in [4.69, 9.17) is 4.74 Å². The summed E-state index contributed by atoms with van der Waals surface area (Å²) in [4.78, 5) is 10.4. The van der Waals surface area contributed by atoms with Gasteiger partial charge in [0.25, 0.3) is 5.70 Å². The molecule has 1 aromatic carbocycles. The normalized spacial score (nSPS) is 18.1. The summed E-state index contributed by atoms with van der Waals surface area (Å²) < 4.78 is 5.31. The first-order valence-electron chi connectivity index (χ1n) is 5.56. The van der Waals surface area contributed by atoms with Crippen molar-refractivity contribution in [3.63, 3.8) is 0 Å². The van der Waals surface area contributed by atoms with Crippen molar-refractivity contribution >= 4 is 6.08 Å². The maximum atomic E-state index is 11.0. The van der Waals surface area contributed by atoms with Crippen molar-refractivity contribution < 1.29 is 19.9 Å². The smallest absolute Gasteiger partial charge is 0.275 e. The largest absolute Gasteiger partial charge is 0.508 e. The van der Waals surface area contributed by atoms with Crippen molar-refractivity contribution in [2.75, 3.05) is 6.61 Å². The summed E-state index contributed by atoms with van der Waals surface area (Å²) >= 11 is 0. The number of hydrogen-bond acceptors (Lipinski definition) is 5. The highest BCUT2D eigenvalue weighted by molar-refractivity contribution is 5.68. The molecule has 6 heteroatoms. The quantitative estimate of drug-likeness (QED) is 0.484. The van der Waals surface area contributed by atoms with Gasteiger partial charge in [0.2, 0.25) is 0 Å². The van der Waals surface area contributed by atoms with Gasteiger partial charge in [0.05, 0.1) is 4.92 Å². The molecule has 6 nitrogen and oxygen atoms in total. The number of aromatic hydroxyl groups is 2. The monoisotopic (exact) mass is 251 g/mol. The van der Waals surface area contributed by atoms with E-state index in [9.17, 15) is 20.3 Å². The number of rotatable bonds is 3. The van der Waals surface area contributed by atoms with Crippen LogP contribution in [0.4, 0.5) is 0 Å². The van der Waals surface area contributed by atoms with Crippen LogP contribution < -0.4 is 0 Å². The molecule has 0 amide bonds. The number of hydrogen-bond donors (Lipinski definition) is 2. The molecule has 1 unspecified atom stereocenters. The fourth-order valence-corrected chi connectivity index (χ4v) is 2.06. The number of benzene rings is 1. The lowest BCUT2D eigenvalue weighted by molar-refractivity contribution is -0.435. The topological polar surface area (TPSA) is 92.8 Å². The summed E-state index contributed by atoms with van der Waals surface area (Å²) in [6.07, 6.45) is 0.731. The van der Waals surface area contributed by atoms with Crippen LogP contribution in [-0.2, 0) is 11.2 Å². The molecule has 0 fully saturated rings. The Morgan fingerprint density at radius 3 is 2.72 bits per heavy atom. The van der Waals surface area contributed by atoms with Gasteiger partial charge in [-0.2, -0.15) is 0 Å². The molecule has 0 aromatic heterocycles. The fraction of sp³-hybridized carbons (Fsp3) is 0.333. The molecule has 1 aromatic rings. The van der Waals surface area contributed by atoms with E-state index in [1.807, 2.05) is 0 Å². The molecular formula is C12H13NO5. The van der Waals surface area contributed by atoms with E-state index in [1.54, 1.807) is 6.92 Å². The second kappa shape index (κ2) is 4.66. The van der Waals surface area contributed by atoms with Crippen LogP contribution in [0.3, 0.4) is 0 Å². The molecule has 0 heterocycles. The van der Waals surface area contributed by atoms with E-state index in [1.165, 1.54) is 18.2 Å². The van der Waals surface area contributed by atoms with Gasteiger partial charge in [0, 0.05) is 30.2 Å². The third-order valence-electron chi connectivity index (χ3n) is 2.90. The average Bonchev–Trinajstić information content (AvgIpc) is 2.34. The summed E-state index contributed by atoms with van der Waals surface area (Å²) in [5, 5.41) is 30.4. The van der Waals surface area contributed by atoms with Crippen LogP contribution in [0, 0.1) is 10.1 Å². The van der Waals surface area contributed by atoms with Gasteiger partial charge < -0.3 is 14.9 Å². The van der Waals surface area contributed by atoms with Crippen molar-refractivity contribution in [1.29, 1.82) is 0 Å². The molecule has 2 N–H and O–H groups in total. The first-order valence-corrected chi connectivity index (χ1v) is 5.56. The van der Waals surface area contributed by atoms with Crippen LogP contribution in [0.5, 0.6) is 11.5 Å². The van der Waals surface area contributed by atoms with Gasteiger partial charge in [-0.15, -0.1) is 0 Å². The first-order chi connectivity index (χ1) is 8.54. The van der Waals surface area contributed by atoms with Crippen molar-refractivity contribution in [2.45, 2.75) is 19.4 Å². The van der Waals surface area contributed by atoms with Crippen molar-refractivity contribution in [3.05, 3.63) is 39.1 Å². The molecule has 0 aliphatic heterocycles. The summed E-state index contributed by atoms with van der Waals surface area (Å²) in [6.45, 7) is 2.08. The highest BCUT2D eigenvalue weighted by Crippen LogP contribution is 2.37.